The maximum absolute atomic E-state index is 12.1. The number of nitrogen functional groups attached to an aromatic ring is 1. The molecule has 1 amide bonds. The topological polar surface area (TPSA) is 164 Å². The number of aromatic nitrogens is 7. The quantitative estimate of drug-likeness (QED) is 0.457. The minimum absolute atomic E-state index is 0.0382. The maximum Gasteiger partial charge on any atom is 0.245 e. The lowest BCUT2D eigenvalue weighted by molar-refractivity contribution is -0.116. The number of benzene rings is 1. The molecule has 28 heavy (non-hydrogen) atoms. The van der Waals surface area contributed by atoms with Crippen LogP contribution >= 0.6 is 0 Å². The third-order valence-electron chi connectivity index (χ3n) is 4.36. The van der Waals surface area contributed by atoms with E-state index in [1.165, 1.54) is 0 Å². The number of anilines is 2. The molecule has 0 saturated heterocycles. The Morgan fingerprint density at radius 3 is 2.68 bits per heavy atom. The third kappa shape index (κ3) is 2.58. The van der Waals surface area contributed by atoms with E-state index in [0.717, 1.165) is 10.9 Å². The van der Waals surface area contributed by atoms with Crippen LogP contribution < -0.4 is 11.1 Å². The van der Waals surface area contributed by atoms with Crippen LogP contribution in [-0.4, -0.2) is 41.1 Å². The summed E-state index contributed by atoms with van der Waals surface area (Å²) in [5.41, 5.74) is 8.57. The summed E-state index contributed by atoms with van der Waals surface area (Å²) in [7, 11) is 0. The number of rotatable bonds is 5. The Hall–Kier alpha value is -4.09. The van der Waals surface area contributed by atoms with Gasteiger partial charge in [0.05, 0.1) is 5.52 Å². The number of carbonyl (C=O) groups is 1. The monoisotopic (exact) mass is 379 g/mol. The van der Waals surface area contributed by atoms with Crippen LogP contribution in [0.1, 0.15) is 12.8 Å². The van der Waals surface area contributed by atoms with Crippen molar-refractivity contribution in [2.24, 2.45) is 0 Å². The summed E-state index contributed by atoms with van der Waals surface area (Å²) in [6.07, 6.45) is 0.809. The Bertz CT molecular complexity index is 1320. The van der Waals surface area contributed by atoms with Crippen LogP contribution in [0.4, 0.5) is 11.6 Å². The predicted molar refractivity (Wildman–Crippen MR) is 97.0 cm³/mol. The molecule has 12 heteroatoms. The van der Waals surface area contributed by atoms with Gasteiger partial charge >= 0.3 is 0 Å². The Balaban J connectivity index is 1.43. The van der Waals surface area contributed by atoms with E-state index in [9.17, 15) is 4.79 Å². The zero-order valence-electron chi connectivity index (χ0n) is 14.4. The van der Waals surface area contributed by atoms with Crippen LogP contribution in [0.3, 0.4) is 0 Å². The molecule has 0 saturated carbocycles. The van der Waals surface area contributed by atoms with Gasteiger partial charge in [0.25, 0.3) is 0 Å². The first kappa shape index (κ1) is 16.1. The summed E-state index contributed by atoms with van der Waals surface area (Å²) in [6.45, 7) is 0.551. The number of nitrogens with zero attached hydrogens (tertiary/aromatic N) is 7. The second kappa shape index (κ2) is 6.26. The maximum atomic E-state index is 12.1. The molecule has 5 aromatic rings. The van der Waals surface area contributed by atoms with Gasteiger partial charge in [0.15, 0.2) is 5.65 Å². The molecule has 4 aromatic heterocycles. The van der Waals surface area contributed by atoms with Crippen LogP contribution in [0.15, 0.2) is 33.5 Å². The van der Waals surface area contributed by atoms with Crippen molar-refractivity contribution in [1.29, 1.82) is 0 Å². The molecule has 0 unspecified atom stereocenters. The van der Waals surface area contributed by atoms with E-state index in [0.29, 0.717) is 35.4 Å². The summed E-state index contributed by atoms with van der Waals surface area (Å²) in [6, 6.07) is 7.82. The molecule has 0 aliphatic carbocycles. The van der Waals surface area contributed by atoms with Crippen molar-refractivity contribution in [3.05, 3.63) is 24.3 Å². The first-order chi connectivity index (χ1) is 13.7. The molecule has 0 aliphatic rings. The van der Waals surface area contributed by atoms with E-state index < -0.39 is 0 Å². The lowest BCUT2D eigenvalue weighted by atomic mass is 10.2. The van der Waals surface area contributed by atoms with Gasteiger partial charge < -0.3 is 15.6 Å². The van der Waals surface area contributed by atoms with Crippen LogP contribution in [0.5, 0.6) is 0 Å². The van der Waals surface area contributed by atoms with E-state index >= 15 is 0 Å². The summed E-state index contributed by atoms with van der Waals surface area (Å²) in [4.78, 5) is 21.2. The Morgan fingerprint density at radius 2 is 1.86 bits per heavy atom. The summed E-state index contributed by atoms with van der Waals surface area (Å²) in [5.74, 6) is -0.0812. The molecule has 0 radical (unpaired) electrons. The highest BCUT2D eigenvalue weighted by atomic mass is 16.6. The van der Waals surface area contributed by atoms with Crippen molar-refractivity contribution in [3.8, 4) is 0 Å². The number of hydrogen-bond acceptors (Lipinski definition) is 10. The minimum Gasteiger partial charge on any atom is -0.378 e. The molecule has 0 aliphatic heterocycles. The van der Waals surface area contributed by atoms with Crippen LogP contribution in [0.2, 0.25) is 0 Å². The smallest absolute Gasteiger partial charge is 0.245 e. The number of para-hydroxylation sites is 1. The molecule has 0 spiro atoms. The molecule has 3 N–H and O–H groups in total. The van der Waals surface area contributed by atoms with Gasteiger partial charge in [0.1, 0.15) is 5.52 Å². The Morgan fingerprint density at radius 1 is 1.07 bits per heavy atom. The van der Waals surface area contributed by atoms with Crippen molar-refractivity contribution in [2.75, 3.05) is 11.1 Å². The van der Waals surface area contributed by atoms with Gasteiger partial charge in [-0.25, -0.2) is 19.2 Å². The van der Waals surface area contributed by atoms with E-state index in [-0.39, 0.29) is 24.0 Å². The molecule has 0 atom stereocenters. The van der Waals surface area contributed by atoms with Crippen LogP contribution in [-0.2, 0) is 11.3 Å². The molecule has 4 heterocycles. The highest BCUT2D eigenvalue weighted by Gasteiger charge is 2.17. The van der Waals surface area contributed by atoms with E-state index in [1.807, 2.05) is 28.8 Å². The van der Waals surface area contributed by atoms with E-state index in [1.54, 1.807) is 0 Å². The molecule has 140 valence electrons. The van der Waals surface area contributed by atoms with E-state index in [4.69, 9.17) is 10.4 Å². The van der Waals surface area contributed by atoms with Gasteiger partial charge in [-0.2, -0.15) is 0 Å². The fourth-order valence-corrected chi connectivity index (χ4v) is 3.12. The van der Waals surface area contributed by atoms with Gasteiger partial charge in [-0.05, 0) is 33.1 Å². The standard InChI is InChI=1S/C16H13N9O3/c17-12-13(22-27-21-12)18-10(26)6-3-7-25-9-5-2-1-4-8(9)11-16(25)20-15-14(19-11)23-28-24-15/h1-2,4-5H,3,6-7H2,(H2,17,21)(H,18,22,26). The van der Waals surface area contributed by atoms with Crippen molar-refractivity contribution in [3.63, 3.8) is 0 Å². The summed E-state index contributed by atoms with van der Waals surface area (Å²) in [5, 5.41) is 18.0. The lowest BCUT2D eigenvalue weighted by Crippen LogP contribution is -2.13. The predicted octanol–water partition coefficient (Wildman–Crippen LogP) is 1.50. The normalized spacial score (nSPS) is 11.6. The van der Waals surface area contributed by atoms with Crippen molar-refractivity contribution < 1.29 is 14.1 Å². The molecule has 12 nitrogen and oxygen atoms in total. The first-order valence-corrected chi connectivity index (χ1v) is 8.46. The number of carbonyl (C=O) groups excluding carboxylic acids is 1. The minimum atomic E-state index is -0.239. The number of fused-ring (bicyclic) bond motifs is 4. The Kier molecular flexibility index (Phi) is 3.60. The fraction of sp³-hybridized carbons (Fsp3) is 0.188. The van der Waals surface area contributed by atoms with Crippen molar-refractivity contribution in [2.45, 2.75) is 19.4 Å². The third-order valence-corrected chi connectivity index (χ3v) is 4.36. The number of nitrogens with two attached hydrogens (primary N) is 1. The van der Waals surface area contributed by atoms with Crippen LogP contribution in [0, 0.1) is 0 Å². The average Bonchev–Trinajstić information content (AvgIpc) is 3.39. The zero-order valence-corrected chi connectivity index (χ0v) is 14.4. The van der Waals surface area contributed by atoms with Crippen LogP contribution in [0.25, 0.3) is 33.4 Å². The second-order valence-electron chi connectivity index (χ2n) is 6.13. The molecule has 0 bridgehead atoms. The van der Waals surface area contributed by atoms with Gasteiger partial charge in [-0.1, -0.05) is 18.2 Å². The number of amides is 1. The van der Waals surface area contributed by atoms with Gasteiger partial charge in [-0.3, -0.25) is 4.79 Å². The summed E-state index contributed by atoms with van der Waals surface area (Å²) >= 11 is 0. The van der Waals surface area contributed by atoms with Gasteiger partial charge in [0, 0.05) is 18.4 Å². The average molecular weight is 379 g/mol. The lowest BCUT2D eigenvalue weighted by Gasteiger charge is -2.06. The number of hydrogen-bond donors (Lipinski definition) is 2. The number of nitrogens with one attached hydrogen (secondary N) is 1. The highest BCUT2D eigenvalue weighted by Crippen LogP contribution is 2.27. The Labute approximate surface area is 155 Å². The highest BCUT2D eigenvalue weighted by molar-refractivity contribution is 6.05. The molecule has 1 aromatic carbocycles. The fourth-order valence-electron chi connectivity index (χ4n) is 3.12. The van der Waals surface area contributed by atoms with E-state index in [2.05, 4.69) is 40.5 Å². The molecular weight excluding hydrogens is 366 g/mol. The van der Waals surface area contributed by atoms with Gasteiger partial charge in [0.2, 0.25) is 28.8 Å². The van der Waals surface area contributed by atoms with Crippen molar-refractivity contribution >= 4 is 50.9 Å². The molecule has 5 rings (SSSR count). The zero-order chi connectivity index (χ0) is 19.1. The first-order valence-electron chi connectivity index (χ1n) is 8.46. The van der Waals surface area contributed by atoms with Gasteiger partial charge in [-0.15, -0.1) is 0 Å². The summed E-state index contributed by atoms with van der Waals surface area (Å²) < 4.78 is 11.2. The number of aryl methyl sites for hydroxylation is 1. The molecular formula is C16H13N9O3. The van der Waals surface area contributed by atoms with Crippen molar-refractivity contribution in [1.82, 2.24) is 35.2 Å². The molecule has 0 fully saturated rings. The largest absolute Gasteiger partial charge is 0.378 e. The SMILES string of the molecule is Nc1nonc1NC(=O)CCCn1c2ccccc2c2nc3nonc3nc21. The second-order valence-corrected chi connectivity index (χ2v) is 6.13.